The minimum Gasteiger partial charge on any atom is -0.368 e. The van der Waals surface area contributed by atoms with Gasteiger partial charge >= 0.3 is 0 Å². The Morgan fingerprint density at radius 2 is 2.38 bits per heavy atom. The molecule has 13 heavy (non-hydrogen) atoms. The first-order chi connectivity index (χ1) is 6.22. The summed E-state index contributed by atoms with van der Waals surface area (Å²) in [6, 6.07) is 1.89. The van der Waals surface area contributed by atoms with E-state index in [0.29, 0.717) is 5.95 Å². The van der Waals surface area contributed by atoms with Crippen LogP contribution >= 0.6 is 11.8 Å². The van der Waals surface area contributed by atoms with Crippen molar-refractivity contribution in [3.05, 3.63) is 12.3 Å². The average molecular weight is 197 g/mol. The fourth-order valence-corrected chi connectivity index (χ4v) is 1.79. The SMILES string of the molecule is CCC(C)CSc1ccnc(N)n1. The standard InChI is InChI=1S/C9H15N3S/c1-3-7(2)6-13-8-4-5-11-9(10)12-8/h4-5,7H,3,6H2,1-2H3,(H2,10,11,12). The molecular formula is C9H15N3S. The second-order valence-electron chi connectivity index (χ2n) is 3.08. The van der Waals surface area contributed by atoms with E-state index in [1.165, 1.54) is 6.42 Å². The summed E-state index contributed by atoms with van der Waals surface area (Å²) in [6.07, 6.45) is 2.90. The topological polar surface area (TPSA) is 51.8 Å². The van der Waals surface area contributed by atoms with Gasteiger partial charge in [-0.1, -0.05) is 20.3 Å². The van der Waals surface area contributed by atoms with E-state index in [-0.39, 0.29) is 0 Å². The lowest BCUT2D eigenvalue weighted by atomic mass is 10.2. The van der Waals surface area contributed by atoms with Crippen LogP contribution in [0.5, 0.6) is 0 Å². The van der Waals surface area contributed by atoms with Crippen LogP contribution in [0.3, 0.4) is 0 Å². The highest BCUT2D eigenvalue weighted by molar-refractivity contribution is 7.99. The maximum Gasteiger partial charge on any atom is 0.221 e. The second-order valence-corrected chi connectivity index (χ2v) is 4.12. The summed E-state index contributed by atoms with van der Waals surface area (Å²) >= 11 is 1.74. The van der Waals surface area contributed by atoms with E-state index in [2.05, 4.69) is 23.8 Å². The molecule has 0 amide bonds. The van der Waals surface area contributed by atoms with Gasteiger partial charge in [-0.05, 0) is 12.0 Å². The highest BCUT2D eigenvalue weighted by Crippen LogP contribution is 2.19. The number of nitrogen functional groups attached to an aromatic ring is 1. The molecule has 1 aromatic rings. The van der Waals surface area contributed by atoms with Crippen LogP contribution in [0, 0.1) is 5.92 Å². The van der Waals surface area contributed by atoms with Crippen LogP contribution in [0.15, 0.2) is 17.3 Å². The van der Waals surface area contributed by atoms with Crippen molar-refractivity contribution >= 4 is 17.7 Å². The van der Waals surface area contributed by atoms with Gasteiger partial charge in [-0.3, -0.25) is 0 Å². The first-order valence-corrected chi connectivity index (χ1v) is 5.42. The van der Waals surface area contributed by atoms with Gasteiger partial charge in [-0.15, -0.1) is 11.8 Å². The highest BCUT2D eigenvalue weighted by atomic mass is 32.2. The van der Waals surface area contributed by atoms with Crippen molar-refractivity contribution in [2.45, 2.75) is 25.3 Å². The van der Waals surface area contributed by atoms with Gasteiger partial charge in [0.2, 0.25) is 5.95 Å². The van der Waals surface area contributed by atoms with Crippen molar-refractivity contribution in [1.29, 1.82) is 0 Å². The van der Waals surface area contributed by atoms with Gasteiger partial charge in [0, 0.05) is 11.9 Å². The molecule has 0 saturated carbocycles. The number of anilines is 1. The Balaban J connectivity index is 2.45. The van der Waals surface area contributed by atoms with Gasteiger partial charge in [0.05, 0.1) is 0 Å². The lowest BCUT2D eigenvalue weighted by Crippen LogP contribution is -1.98. The molecule has 0 bridgehead atoms. The zero-order chi connectivity index (χ0) is 9.68. The van der Waals surface area contributed by atoms with Crippen LogP contribution in [-0.2, 0) is 0 Å². The Hall–Kier alpha value is -0.770. The molecule has 1 rings (SSSR count). The van der Waals surface area contributed by atoms with E-state index >= 15 is 0 Å². The van der Waals surface area contributed by atoms with Crippen LogP contribution in [0.25, 0.3) is 0 Å². The number of hydrogen-bond acceptors (Lipinski definition) is 4. The first-order valence-electron chi connectivity index (χ1n) is 4.43. The number of nitrogens with zero attached hydrogens (tertiary/aromatic N) is 2. The number of rotatable bonds is 4. The molecule has 0 aromatic carbocycles. The number of hydrogen-bond donors (Lipinski definition) is 1. The largest absolute Gasteiger partial charge is 0.368 e. The molecule has 4 heteroatoms. The maximum atomic E-state index is 5.46. The van der Waals surface area contributed by atoms with Gasteiger partial charge in [-0.2, -0.15) is 0 Å². The molecule has 1 atom stereocenters. The molecule has 72 valence electrons. The quantitative estimate of drug-likeness (QED) is 0.594. The Morgan fingerprint density at radius 1 is 1.62 bits per heavy atom. The van der Waals surface area contributed by atoms with E-state index in [9.17, 15) is 0 Å². The van der Waals surface area contributed by atoms with Gasteiger partial charge < -0.3 is 5.73 Å². The van der Waals surface area contributed by atoms with Crippen molar-refractivity contribution in [3.63, 3.8) is 0 Å². The normalized spacial score (nSPS) is 12.8. The maximum absolute atomic E-state index is 5.46. The molecule has 1 unspecified atom stereocenters. The number of nitrogens with two attached hydrogens (primary N) is 1. The first kappa shape index (κ1) is 10.3. The van der Waals surface area contributed by atoms with Crippen molar-refractivity contribution in [2.75, 3.05) is 11.5 Å². The molecule has 0 aliphatic rings. The van der Waals surface area contributed by atoms with Crippen molar-refractivity contribution < 1.29 is 0 Å². The Labute approximate surface area is 83.2 Å². The van der Waals surface area contributed by atoms with E-state index in [4.69, 9.17) is 5.73 Å². The summed E-state index contributed by atoms with van der Waals surface area (Å²) in [5, 5.41) is 0.966. The molecule has 0 radical (unpaired) electrons. The number of thioether (sulfide) groups is 1. The minimum atomic E-state index is 0.356. The third kappa shape index (κ3) is 3.63. The van der Waals surface area contributed by atoms with Gasteiger partial charge in [0.25, 0.3) is 0 Å². The van der Waals surface area contributed by atoms with Gasteiger partial charge in [-0.25, -0.2) is 9.97 Å². The van der Waals surface area contributed by atoms with Crippen LogP contribution in [0.4, 0.5) is 5.95 Å². The van der Waals surface area contributed by atoms with E-state index in [1.807, 2.05) is 6.07 Å². The molecule has 0 fully saturated rings. The molecule has 2 N–H and O–H groups in total. The van der Waals surface area contributed by atoms with Crippen molar-refractivity contribution in [1.82, 2.24) is 9.97 Å². The fourth-order valence-electron chi connectivity index (χ4n) is 0.782. The van der Waals surface area contributed by atoms with Crippen LogP contribution in [0.2, 0.25) is 0 Å². The molecule has 3 nitrogen and oxygen atoms in total. The Morgan fingerprint density at radius 3 is 3.00 bits per heavy atom. The summed E-state index contributed by atoms with van der Waals surface area (Å²) in [7, 11) is 0. The monoisotopic (exact) mass is 197 g/mol. The third-order valence-electron chi connectivity index (χ3n) is 1.86. The van der Waals surface area contributed by atoms with E-state index < -0.39 is 0 Å². The second kappa shape index (κ2) is 5.07. The van der Waals surface area contributed by atoms with Crippen molar-refractivity contribution in [3.8, 4) is 0 Å². The summed E-state index contributed by atoms with van der Waals surface area (Å²) in [6.45, 7) is 4.43. The number of aromatic nitrogens is 2. The van der Waals surface area contributed by atoms with Crippen LogP contribution < -0.4 is 5.73 Å². The van der Waals surface area contributed by atoms with Crippen molar-refractivity contribution in [2.24, 2.45) is 5.92 Å². The summed E-state index contributed by atoms with van der Waals surface area (Å²) in [4.78, 5) is 7.95. The zero-order valence-electron chi connectivity index (χ0n) is 8.03. The smallest absolute Gasteiger partial charge is 0.221 e. The lowest BCUT2D eigenvalue weighted by Gasteiger charge is -2.06. The summed E-state index contributed by atoms with van der Waals surface area (Å²) in [5.41, 5.74) is 5.46. The molecule has 0 aliphatic carbocycles. The predicted molar refractivity (Wildman–Crippen MR) is 56.6 cm³/mol. The van der Waals surface area contributed by atoms with Crippen LogP contribution in [-0.4, -0.2) is 15.7 Å². The Bertz CT molecular complexity index is 265. The van der Waals surface area contributed by atoms with Gasteiger partial charge in [0.15, 0.2) is 0 Å². The molecular weight excluding hydrogens is 182 g/mol. The molecule has 1 heterocycles. The third-order valence-corrected chi connectivity index (χ3v) is 3.12. The zero-order valence-corrected chi connectivity index (χ0v) is 8.84. The summed E-state index contributed by atoms with van der Waals surface area (Å²) in [5.74, 6) is 2.17. The van der Waals surface area contributed by atoms with Gasteiger partial charge in [0.1, 0.15) is 5.03 Å². The molecule has 0 spiro atoms. The lowest BCUT2D eigenvalue weighted by molar-refractivity contribution is 0.636. The minimum absolute atomic E-state index is 0.356. The average Bonchev–Trinajstić information content (AvgIpc) is 2.14. The Kier molecular flexibility index (Phi) is 4.02. The molecule has 0 saturated heterocycles. The predicted octanol–water partition coefficient (Wildman–Crippen LogP) is 2.20. The van der Waals surface area contributed by atoms with Crippen LogP contribution in [0.1, 0.15) is 20.3 Å². The van der Waals surface area contributed by atoms with E-state index in [0.717, 1.165) is 16.7 Å². The summed E-state index contributed by atoms with van der Waals surface area (Å²) < 4.78 is 0. The molecule has 0 aliphatic heterocycles. The highest BCUT2D eigenvalue weighted by Gasteiger charge is 2.01. The van der Waals surface area contributed by atoms with E-state index in [1.54, 1.807) is 18.0 Å². The molecule has 1 aromatic heterocycles. The fraction of sp³-hybridized carbons (Fsp3) is 0.556.